The molecule has 0 unspecified atom stereocenters. The van der Waals surface area contributed by atoms with Crippen molar-refractivity contribution in [1.29, 1.82) is 0 Å². The fourth-order valence-electron chi connectivity index (χ4n) is 2.68. The second-order valence-electron chi connectivity index (χ2n) is 4.84. The molecule has 1 amide bonds. The van der Waals surface area contributed by atoms with Gasteiger partial charge in [-0.15, -0.1) is 0 Å². The number of amides is 1. The maximum absolute atomic E-state index is 12.6. The molecule has 0 aromatic heterocycles. The average molecular weight is 283 g/mol. The summed E-state index contributed by atoms with van der Waals surface area (Å²) in [5.41, 5.74) is 0. The molecule has 0 atom stereocenters. The second kappa shape index (κ2) is 7.16. The quantitative estimate of drug-likeness (QED) is 0.642. The van der Waals surface area contributed by atoms with Crippen molar-refractivity contribution < 1.29 is 18.0 Å². The van der Waals surface area contributed by atoms with Crippen LogP contribution in [-0.4, -0.2) is 31.9 Å². The van der Waals surface area contributed by atoms with E-state index in [1.807, 2.05) is 20.8 Å². The Labute approximate surface area is 109 Å². The van der Waals surface area contributed by atoms with Gasteiger partial charge in [-0.25, -0.2) is 0 Å². The molecule has 0 spiro atoms. The minimum absolute atomic E-state index is 0.757. The van der Waals surface area contributed by atoms with E-state index in [4.69, 9.17) is 0 Å². The molecule has 0 bridgehead atoms. The Morgan fingerprint density at radius 3 is 1.56 bits per heavy atom. The second-order valence-corrected chi connectivity index (χ2v) is 9.46. The molecule has 0 heterocycles. The van der Waals surface area contributed by atoms with Crippen LogP contribution in [0.1, 0.15) is 40.0 Å². The molecular weight excluding hydrogens is 259 g/mol. The lowest BCUT2D eigenvalue weighted by Gasteiger charge is -2.40. The number of rotatable bonds is 7. The highest BCUT2D eigenvalue weighted by Gasteiger charge is 2.48. The highest BCUT2D eigenvalue weighted by Crippen LogP contribution is 2.32. The number of hydrogen-bond donors (Lipinski definition) is 0. The van der Waals surface area contributed by atoms with Gasteiger partial charge in [0.2, 0.25) is 0 Å². The Morgan fingerprint density at radius 2 is 1.33 bits per heavy atom. The predicted molar refractivity (Wildman–Crippen MR) is 69.9 cm³/mol. The van der Waals surface area contributed by atoms with Gasteiger partial charge in [-0.2, -0.15) is 13.2 Å². The summed E-state index contributed by atoms with van der Waals surface area (Å²) in [6.07, 6.45) is -2.24. The van der Waals surface area contributed by atoms with E-state index in [-0.39, 0.29) is 0 Å². The Balaban J connectivity index is 5.20. The number of nitrogens with zero attached hydrogens (tertiary/aromatic N) is 1. The molecule has 0 saturated carbocycles. The van der Waals surface area contributed by atoms with Gasteiger partial charge < -0.3 is 4.57 Å². The summed E-state index contributed by atoms with van der Waals surface area (Å²) in [5.74, 6) is -1.66. The lowest BCUT2D eigenvalue weighted by molar-refractivity contribution is -0.180. The van der Waals surface area contributed by atoms with Crippen molar-refractivity contribution in [3.63, 3.8) is 0 Å². The van der Waals surface area contributed by atoms with Crippen LogP contribution >= 0.6 is 0 Å². The highest BCUT2D eigenvalue weighted by atomic mass is 28.3. The molecule has 18 heavy (non-hydrogen) atoms. The molecule has 0 rings (SSSR count). The molecular formula is C12H24F3NOSi. The van der Waals surface area contributed by atoms with Crippen molar-refractivity contribution in [3.05, 3.63) is 0 Å². The van der Waals surface area contributed by atoms with Gasteiger partial charge in [0.1, 0.15) is 0 Å². The molecule has 0 radical (unpaired) electrons. The third-order valence-electron chi connectivity index (χ3n) is 3.40. The third kappa shape index (κ3) is 4.30. The molecule has 0 aliphatic rings. The van der Waals surface area contributed by atoms with E-state index in [9.17, 15) is 18.0 Å². The van der Waals surface area contributed by atoms with Crippen LogP contribution in [-0.2, 0) is 4.79 Å². The molecule has 0 aromatic carbocycles. The molecule has 6 heteroatoms. The van der Waals surface area contributed by atoms with Crippen LogP contribution in [0.5, 0.6) is 0 Å². The maximum atomic E-state index is 12.6. The van der Waals surface area contributed by atoms with Gasteiger partial charge in [-0.3, -0.25) is 4.79 Å². The first-order valence-electron chi connectivity index (χ1n) is 6.60. The Bertz CT molecular complexity index is 252. The molecule has 0 aliphatic carbocycles. The maximum Gasteiger partial charge on any atom is 0.470 e. The Kier molecular flexibility index (Phi) is 6.95. The van der Waals surface area contributed by atoms with Gasteiger partial charge in [-0.05, 0) is 18.1 Å². The first-order chi connectivity index (χ1) is 8.25. The molecule has 0 aliphatic heterocycles. The smallest absolute Gasteiger partial charge is 0.364 e. The first kappa shape index (κ1) is 17.5. The zero-order valence-corrected chi connectivity index (χ0v) is 12.7. The van der Waals surface area contributed by atoms with Gasteiger partial charge >= 0.3 is 12.1 Å². The summed E-state index contributed by atoms with van der Waals surface area (Å²) in [4.78, 5) is 11.5. The number of halogens is 3. The zero-order chi connectivity index (χ0) is 14.4. The van der Waals surface area contributed by atoms with Crippen LogP contribution in [0.2, 0.25) is 18.1 Å². The molecule has 0 saturated heterocycles. The van der Waals surface area contributed by atoms with Crippen LogP contribution in [0.3, 0.4) is 0 Å². The van der Waals surface area contributed by atoms with Gasteiger partial charge in [0.15, 0.2) is 8.24 Å². The van der Waals surface area contributed by atoms with E-state index in [1.165, 1.54) is 7.05 Å². The number of carbonyl (C=O) groups excluding carboxylic acids is 1. The molecule has 108 valence electrons. The summed E-state index contributed by atoms with van der Waals surface area (Å²) in [5, 5.41) is 0. The lowest BCUT2D eigenvalue weighted by Crippen LogP contribution is -2.57. The molecule has 0 fully saturated rings. The van der Waals surface area contributed by atoms with Gasteiger partial charge in [0.05, 0.1) is 0 Å². The first-order valence-corrected chi connectivity index (χ1v) is 9.17. The zero-order valence-electron chi connectivity index (χ0n) is 11.7. The largest absolute Gasteiger partial charge is 0.470 e. The van der Waals surface area contributed by atoms with Crippen LogP contribution in [0.15, 0.2) is 0 Å². The number of alkyl halides is 3. The van der Waals surface area contributed by atoms with Crippen molar-refractivity contribution >= 4 is 14.1 Å². The van der Waals surface area contributed by atoms with Crippen LogP contribution < -0.4 is 0 Å². The number of carbonyl (C=O) groups is 1. The Hall–Kier alpha value is -0.523. The fraction of sp³-hybridized carbons (Fsp3) is 0.917. The van der Waals surface area contributed by atoms with Crippen molar-refractivity contribution in [2.24, 2.45) is 0 Å². The van der Waals surface area contributed by atoms with Crippen LogP contribution in [0, 0.1) is 0 Å². The van der Waals surface area contributed by atoms with Gasteiger partial charge in [0.25, 0.3) is 0 Å². The van der Waals surface area contributed by atoms with E-state index >= 15 is 0 Å². The van der Waals surface area contributed by atoms with E-state index in [0.717, 1.165) is 42.0 Å². The highest BCUT2D eigenvalue weighted by molar-refractivity contribution is 6.79. The minimum Gasteiger partial charge on any atom is -0.364 e. The summed E-state index contributed by atoms with van der Waals surface area (Å²) in [7, 11) is -0.958. The summed E-state index contributed by atoms with van der Waals surface area (Å²) < 4.78 is 38.8. The normalized spacial score (nSPS) is 12.6. The van der Waals surface area contributed by atoms with E-state index in [2.05, 4.69) is 0 Å². The van der Waals surface area contributed by atoms with Crippen molar-refractivity contribution in [3.8, 4) is 0 Å². The van der Waals surface area contributed by atoms with Crippen LogP contribution in [0.25, 0.3) is 0 Å². The standard InChI is InChI=1S/C12H24F3NOSi/c1-5-8-18(9-6-2,10-7-3)16(4)11(17)12(13,14)15/h5-10H2,1-4H3. The van der Waals surface area contributed by atoms with Crippen LogP contribution in [0.4, 0.5) is 13.2 Å². The summed E-state index contributed by atoms with van der Waals surface area (Å²) in [6, 6.07) is 2.27. The number of hydrogen-bond acceptors (Lipinski definition) is 1. The van der Waals surface area contributed by atoms with E-state index in [0.29, 0.717) is 0 Å². The van der Waals surface area contributed by atoms with Gasteiger partial charge in [-0.1, -0.05) is 40.0 Å². The average Bonchev–Trinajstić information content (AvgIpc) is 2.26. The third-order valence-corrected chi connectivity index (χ3v) is 9.32. The van der Waals surface area contributed by atoms with Gasteiger partial charge in [0, 0.05) is 7.05 Å². The predicted octanol–water partition coefficient (Wildman–Crippen LogP) is 4.18. The summed E-state index contributed by atoms with van der Waals surface area (Å²) in [6.45, 7) is 5.91. The van der Waals surface area contributed by atoms with Crippen molar-refractivity contribution in [2.45, 2.75) is 64.3 Å². The topological polar surface area (TPSA) is 20.3 Å². The SMILES string of the molecule is CCC[Si](CCC)(CCC)N(C)C(=O)C(F)(F)F. The molecule has 0 aromatic rings. The fourth-order valence-corrected chi connectivity index (χ4v) is 7.79. The summed E-state index contributed by atoms with van der Waals surface area (Å²) >= 11 is 0. The van der Waals surface area contributed by atoms with E-state index < -0.39 is 20.3 Å². The van der Waals surface area contributed by atoms with Crippen molar-refractivity contribution in [1.82, 2.24) is 4.57 Å². The minimum atomic E-state index is -4.75. The van der Waals surface area contributed by atoms with Crippen molar-refractivity contribution in [2.75, 3.05) is 7.05 Å². The molecule has 0 N–H and O–H groups in total. The monoisotopic (exact) mass is 283 g/mol. The van der Waals surface area contributed by atoms with E-state index in [1.54, 1.807) is 0 Å². The Morgan fingerprint density at radius 1 is 1.00 bits per heavy atom. The lowest BCUT2D eigenvalue weighted by atomic mass is 10.5. The molecule has 2 nitrogen and oxygen atoms in total.